The van der Waals surface area contributed by atoms with Gasteiger partial charge < -0.3 is 14.2 Å². The molecule has 3 nitrogen and oxygen atoms in total. The largest absolute Gasteiger partial charge is 0.494 e. The van der Waals surface area contributed by atoms with Crippen LogP contribution in [0.25, 0.3) is 0 Å². The first-order valence-electron chi connectivity index (χ1n) is 9.98. The van der Waals surface area contributed by atoms with E-state index < -0.39 is 17.5 Å². The van der Waals surface area contributed by atoms with Crippen LogP contribution in [0.1, 0.15) is 49.7 Å². The van der Waals surface area contributed by atoms with Gasteiger partial charge in [0.05, 0.1) is 19.8 Å². The molecule has 1 saturated heterocycles. The predicted octanol–water partition coefficient (Wildman–Crippen LogP) is 6.66. The summed E-state index contributed by atoms with van der Waals surface area (Å²) in [5.41, 5.74) is 1.02. The van der Waals surface area contributed by atoms with Gasteiger partial charge in [0.25, 0.3) is 0 Å². The Morgan fingerprint density at radius 1 is 1.23 bits per heavy atom. The zero-order valence-corrected chi connectivity index (χ0v) is 17.7. The van der Waals surface area contributed by atoms with E-state index in [-0.39, 0.29) is 41.3 Å². The van der Waals surface area contributed by atoms with Gasteiger partial charge in [-0.25, -0.2) is 4.39 Å². The van der Waals surface area contributed by atoms with E-state index in [1.165, 1.54) is 7.11 Å². The number of allylic oxidation sites excluding steroid dienone is 2. The van der Waals surface area contributed by atoms with E-state index in [2.05, 4.69) is 33.2 Å². The van der Waals surface area contributed by atoms with E-state index in [0.29, 0.717) is 17.7 Å². The average Bonchev–Trinajstić information content (AvgIpc) is 2.77. The summed E-state index contributed by atoms with van der Waals surface area (Å²) in [6, 6.07) is 1.59. The van der Waals surface area contributed by atoms with Crippen LogP contribution in [-0.2, 0) is 15.9 Å². The van der Waals surface area contributed by atoms with Crippen molar-refractivity contribution in [2.24, 2.45) is 0 Å². The molecular formula is C24H29F3O3. The molecule has 0 aromatic heterocycles. The third-order valence-electron chi connectivity index (χ3n) is 5.31. The number of ether oxygens (including phenoxy) is 3. The molecular weight excluding hydrogens is 393 g/mol. The quantitative estimate of drug-likeness (QED) is 0.392. The van der Waals surface area contributed by atoms with Gasteiger partial charge in [0.2, 0.25) is 11.6 Å². The fourth-order valence-corrected chi connectivity index (χ4v) is 3.72. The Kier molecular flexibility index (Phi) is 8.35. The summed E-state index contributed by atoms with van der Waals surface area (Å²) in [7, 11) is 1.26. The second kappa shape index (κ2) is 10.5. The van der Waals surface area contributed by atoms with Crippen LogP contribution in [0.4, 0.5) is 13.2 Å². The maximum absolute atomic E-state index is 14.8. The topological polar surface area (TPSA) is 27.7 Å². The summed E-state index contributed by atoms with van der Waals surface area (Å²) >= 11 is 0. The predicted molar refractivity (Wildman–Crippen MR) is 112 cm³/mol. The fraction of sp³-hybridized carbons (Fsp3) is 0.417. The van der Waals surface area contributed by atoms with Crippen molar-refractivity contribution < 1.29 is 27.4 Å². The van der Waals surface area contributed by atoms with Crippen LogP contribution in [0, 0.1) is 11.6 Å². The van der Waals surface area contributed by atoms with Crippen LogP contribution in [0.15, 0.2) is 55.3 Å². The van der Waals surface area contributed by atoms with E-state index in [4.69, 9.17) is 14.2 Å². The van der Waals surface area contributed by atoms with Crippen LogP contribution < -0.4 is 4.74 Å². The summed E-state index contributed by atoms with van der Waals surface area (Å²) in [6.45, 7) is 15.7. The fourth-order valence-electron chi connectivity index (χ4n) is 3.72. The number of fused-ring (bicyclic) bond motifs is 1. The Bertz CT molecular complexity index is 837. The van der Waals surface area contributed by atoms with E-state index >= 15 is 0 Å². The van der Waals surface area contributed by atoms with Crippen molar-refractivity contribution >= 4 is 0 Å². The van der Waals surface area contributed by atoms with Gasteiger partial charge >= 0.3 is 0 Å². The number of hydrogen-bond acceptors (Lipinski definition) is 3. The Morgan fingerprint density at radius 2 is 1.93 bits per heavy atom. The molecule has 2 heterocycles. The molecule has 0 N–H and O–H groups in total. The van der Waals surface area contributed by atoms with Crippen LogP contribution in [0.2, 0.25) is 0 Å². The van der Waals surface area contributed by atoms with Crippen molar-refractivity contribution in [3.63, 3.8) is 0 Å². The highest BCUT2D eigenvalue weighted by molar-refractivity contribution is 5.51. The van der Waals surface area contributed by atoms with Crippen LogP contribution in [0.3, 0.4) is 0 Å². The van der Waals surface area contributed by atoms with Crippen molar-refractivity contribution in [2.45, 2.75) is 51.0 Å². The third kappa shape index (κ3) is 4.81. The average molecular weight is 422 g/mol. The summed E-state index contributed by atoms with van der Waals surface area (Å²) < 4.78 is 59.8. The van der Waals surface area contributed by atoms with Gasteiger partial charge in [-0.2, -0.15) is 8.78 Å². The molecule has 2 unspecified atom stereocenters. The molecule has 0 bridgehead atoms. The number of benzene rings is 1. The Morgan fingerprint density at radius 3 is 2.50 bits per heavy atom. The summed E-state index contributed by atoms with van der Waals surface area (Å²) in [4.78, 5) is 0. The SMILES string of the molecule is C=C.C=C(OC)/C(F)=C1/Oc2c(cc(C3CCC(CCC)OC3)c(F)c2F)CC1=C. The lowest BCUT2D eigenvalue weighted by molar-refractivity contribution is -0.00186. The van der Waals surface area contributed by atoms with Crippen LogP contribution >= 0.6 is 0 Å². The molecule has 1 fully saturated rings. The molecule has 1 aromatic rings. The molecule has 2 aliphatic rings. The molecule has 0 saturated carbocycles. The van der Waals surface area contributed by atoms with E-state index in [1.807, 2.05) is 0 Å². The van der Waals surface area contributed by atoms with Gasteiger partial charge in [-0.1, -0.05) is 26.5 Å². The normalized spacial score (nSPS) is 22.2. The van der Waals surface area contributed by atoms with Crippen LogP contribution in [0.5, 0.6) is 5.75 Å². The van der Waals surface area contributed by atoms with E-state index in [0.717, 1.165) is 25.7 Å². The molecule has 0 radical (unpaired) electrons. The Balaban J connectivity index is 0.00000155. The first-order valence-corrected chi connectivity index (χ1v) is 9.98. The minimum Gasteiger partial charge on any atom is -0.494 e. The Hall–Kier alpha value is -2.47. The first kappa shape index (κ1) is 23.8. The van der Waals surface area contributed by atoms with Crippen molar-refractivity contribution in [1.82, 2.24) is 0 Å². The molecule has 164 valence electrons. The highest BCUT2D eigenvalue weighted by atomic mass is 19.2. The zero-order chi connectivity index (χ0) is 22.4. The van der Waals surface area contributed by atoms with Gasteiger partial charge in [-0.3, -0.25) is 0 Å². The zero-order valence-electron chi connectivity index (χ0n) is 17.7. The lowest BCUT2D eigenvalue weighted by atomic mass is 9.87. The van der Waals surface area contributed by atoms with Crippen molar-refractivity contribution in [3.05, 3.63) is 78.1 Å². The van der Waals surface area contributed by atoms with Crippen molar-refractivity contribution in [1.29, 1.82) is 0 Å². The van der Waals surface area contributed by atoms with Gasteiger partial charge in [-0.05, 0) is 36.5 Å². The van der Waals surface area contributed by atoms with Gasteiger partial charge in [0.1, 0.15) is 0 Å². The van der Waals surface area contributed by atoms with E-state index in [9.17, 15) is 13.2 Å². The highest BCUT2D eigenvalue weighted by Crippen LogP contribution is 2.41. The van der Waals surface area contributed by atoms with Crippen LogP contribution in [-0.4, -0.2) is 19.8 Å². The summed E-state index contributed by atoms with van der Waals surface area (Å²) in [5, 5.41) is 0. The van der Waals surface area contributed by atoms with Gasteiger partial charge in [0.15, 0.2) is 23.1 Å². The molecule has 0 amide bonds. The van der Waals surface area contributed by atoms with Crippen molar-refractivity contribution in [2.75, 3.05) is 13.7 Å². The molecule has 1 aromatic carbocycles. The molecule has 3 rings (SSSR count). The van der Waals surface area contributed by atoms with E-state index in [1.54, 1.807) is 6.07 Å². The van der Waals surface area contributed by atoms with Gasteiger partial charge in [0, 0.05) is 17.9 Å². The number of methoxy groups -OCH3 is 1. The minimum absolute atomic E-state index is 0.144. The first-order chi connectivity index (χ1) is 14.4. The lowest BCUT2D eigenvalue weighted by Crippen LogP contribution is -2.26. The highest BCUT2D eigenvalue weighted by Gasteiger charge is 2.32. The lowest BCUT2D eigenvalue weighted by Gasteiger charge is -2.31. The molecule has 0 spiro atoms. The second-order valence-corrected chi connectivity index (χ2v) is 7.25. The molecule has 30 heavy (non-hydrogen) atoms. The molecule has 0 aliphatic carbocycles. The maximum atomic E-state index is 14.8. The summed E-state index contributed by atoms with van der Waals surface area (Å²) in [6.07, 6.45) is 3.87. The molecule has 2 atom stereocenters. The molecule has 6 heteroatoms. The third-order valence-corrected chi connectivity index (χ3v) is 5.31. The minimum atomic E-state index is -1.12. The van der Waals surface area contributed by atoms with Crippen molar-refractivity contribution in [3.8, 4) is 5.75 Å². The number of halogens is 3. The number of hydrogen-bond donors (Lipinski definition) is 0. The Labute approximate surface area is 176 Å². The number of rotatable bonds is 5. The molecule has 2 aliphatic heterocycles. The standard InChI is InChI=1S/C22H25F3O3.C2H4/c1-5-6-16-8-7-14(11-27-16)17-10-15-9-12(2)21(18(23)13(3)26-4)28-22(15)20(25)19(17)24;1-2/h10,14,16H,2-3,5-9,11H2,1,4H3;1-2H2/b21-18-;. The van der Waals surface area contributed by atoms with Gasteiger partial charge in [-0.15, -0.1) is 13.2 Å². The monoisotopic (exact) mass is 422 g/mol. The maximum Gasteiger partial charge on any atom is 0.207 e. The summed E-state index contributed by atoms with van der Waals surface area (Å²) in [5.74, 6) is -4.06. The second-order valence-electron chi connectivity index (χ2n) is 7.25. The smallest absolute Gasteiger partial charge is 0.207 e.